The third kappa shape index (κ3) is 2.09. The van der Waals surface area contributed by atoms with Crippen molar-refractivity contribution in [3.8, 4) is 0 Å². The molecule has 0 N–H and O–H groups in total. The van der Waals surface area contributed by atoms with Gasteiger partial charge in [0.15, 0.2) is 0 Å². The highest BCUT2D eigenvalue weighted by Crippen LogP contribution is 2.40. The largest absolute Gasteiger partial charge is 0.468 e. The van der Waals surface area contributed by atoms with Crippen molar-refractivity contribution in [1.82, 2.24) is 4.90 Å². The molecule has 1 aromatic carbocycles. The normalized spacial score (nSPS) is 19.9. The average molecular weight is 287 g/mol. The molecule has 0 spiro atoms. The first-order valence-corrected chi connectivity index (χ1v) is 6.91. The van der Waals surface area contributed by atoms with Crippen LogP contribution < -0.4 is 0 Å². The molecule has 3 rings (SSSR count). The number of esters is 2. The Balaban J connectivity index is 2.17. The molecule has 2 aliphatic heterocycles. The van der Waals surface area contributed by atoms with Gasteiger partial charge in [-0.2, -0.15) is 0 Å². The molecule has 21 heavy (non-hydrogen) atoms. The number of fused-ring (bicyclic) bond motifs is 3. The minimum absolute atomic E-state index is 0.394. The Bertz CT molecular complexity index is 635. The van der Waals surface area contributed by atoms with Crippen LogP contribution in [0.25, 0.3) is 5.70 Å². The summed E-state index contributed by atoms with van der Waals surface area (Å²) in [6, 6.07) is 7.97. The Morgan fingerprint density at radius 3 is 2.67 bits per heavy atom. The van der Waals surface area contributed by atoms with Crippen LogP contribution in [0, 0.1) is 5.92 Å². The predicted molar refractivity (Wildman–Crippen MR) is 76.2 cm³/mol. The molecule has 5 heteroatoms. The van der Waals surface area contributed by atoms with E-state index in [1.165, 1.54) is 19.8 Å². The molecular weight excluding hydrogens is 270 g/mol. The summed E-state index contributed by atoms with van der Waals surface area (Å²) in [5.41, 5.74) is 3.43. The van der Waals surface area contributed by atoms with E-state index in [9.17, 15) is 9.59 Å². The third-order valence-corrected chi connectivity index (χ3v) is 4.14. The number of carbonyl (C=O) groups is 2. The van der Waals surface area contributed by atoms with Crippen LogP contribution in [0.4, 0.5) is 0 Å². The van der Waals surface area contributed by atoms with E-state index in [4.69, 9.17) is 9.47 Å². The lowest BCUT2D eigenvalue weighted by atomic mass is 9.93. The maximum atomic E-state index is 12.2. The summed E-state index contributed by atoms with van der Waals surface area (Å²) < 4.78 is 9.74. The first-order chi connectivity index (χ1) is 10.2. The summed E-state index contributed by atoms with van der Waals surface area (Å²) in [7, 11) is 2.68. The lowest BCUT2D eigenvalue weighted by molar-refractivity contribution is -0.147. The maximum absolute atomic E-state index is 12.2. The standard InChI is InChI=1S/C16H17NO4/c1-20-15(18)12-9-17-8-7-10-5-3-4-6-11(10)14(17)13(12)16(19)21-2/h3-6,12H,7-9H2,1-2H3. The fourth-order valence-electron chi connectivity index (χ4n) is 3.17. The lowest BCUT2D eigenvalue weighted by Gasteiger charge is -2.29. The number of nitrogens with zero attached hydrogens (tertiary/aromatic N) is 1. The van der Waals surface area contributed by atoms with E-state index in [1.54, 1.807) is 0 Å². The van der Waals surface area contributed by atoms with Gasteiger partial charge in [0.2, 0.25) is 0 Å². The Hall–Kier alpha value is -2.30. The fourth-order valence-corrected chi connectivity index (χ4v) is 3.17. The van der Waals surface area contributed by atoms with E-state index in [0.29, 0.717) is 12.1 Å². The van der Waals surface area contributed by atoms with Gasteiger partial charge in [-0.3, -0.25) is 4.79 Å². The summed E-state index contributed by atoms with van der Waals surface area (Å²) in [6.07, 6.45) is 0.905. The number of benzene rings is 1. The first-order valence-electron chi connectivity index (χ1n) is 6.91. The molecule has 1 aromatic rings. The van der Waals surface area contributed by atoms with Crippen LogP contribution in [-0.4, -0.2) is 44.1 Å². The van der Waals surface area contributed by atoms with Crippen molar-refractivity contribution in [3.63, 3.8) is 0 Å². The monoisotopic (exact) mass is 287 g/mol. The number of carbonyl (C=O) groups excluding carboxylic acids is 2. The van der Waals surface area contributed by atoms with Crippen LogP contribution in [0.2, 0.25) is 0 Å². The van der Waals surface area contributed by atoms with Crippen molar-refractivity contribution in [1.29, 1.82) is 0 Å². The summed E-state index contributed by atoms with van der Waals surface area (Å²) in [5.74, 6) is -1.43. The van der Waals surface area contributed by atoms with Gasteiger partial charge in [0.25, 0.3) is 0 Å². The van der Waals surface area contributed by atoms with Gasteiger partial charge in [-0.15, -0.1) is 0 Å². The zero-order chi connectivity index (χ0) is 15.0. The van der Waals surface area contributed by atoms with E-state index in [2.05, 4.69) is 11.0 Å². The van der Waals surface area contributed by atoms with Gasteiger partial charge in [0, 0.05) is 18.7 Å². The van der Waals surface area contributed by atoms with Crippen molar-refractivity contribution in [3.05, 3.63) is 41.0 Å². The van der Waals surface area contributed by atoms with E-state index in [1.807, 2.05) is 18.2 Å². The van der Waals surface area contributed by atoms with Gasteiger partial charge in [-0.05, 0) is 12.0 Å². The summed E-state index contributed by atoms with van der Waals surface area (Å²) in [6.45, 7) is 1.26. The molecule has 5 nitrogen and oxygen atoms in total. The number of rotatable bonds is 2. The molecule has 110 valence electrons. The highest BCUT2D eigenvalue weighted by molar-refractivity contribution is 6.04. The van der Waals surface area contributed by atoms with Crippen molar-refractivity contribution < 1.29 is 19.1 Å². The van der Waals surface area contributed by atoms with Gasteiger partial charge in [-0.1, -0.05) is 24.3 Å². The molecule has 0 saturated carbocycles. The van der Waals surface area contributed by atoms with Crippen LogP contribution in [-0.2, 0) is 25.5 Å². The van der Waals surface area contributed by atoms with Gasteiger partial charge < -0.3 is 14.4 Å². The van der Waals surface area contributed by atoms with Crippen molar-refractivity contribution >= 4 is 17.6 Å². The van der Waals surface area contributed by atoms with E-state index >= 15 is 0 Å². The molecule has 0 aliphatic carbocycles. The van der Waals surface area contributed by atoms with Crippen LogP contribution in [0.3, 0.4) is 0 Å². The zero-order valence-corrected chi connectivity index (χ0v) is 12.1. The van der Waals surface area contributed by atoms with E-state index in [0.717, 1.165) is 24.2 Å². The third-order valence-electron chi connectivity index (χ3n) is 4.14. The predicted octanol–water partition coefficient (Wildman–Crippen LogP) is 1.23. The van der Waals surface area contributed by atoms with Gasteiger partial charge >= 0.3 is 11.9 Å². The Labute approximate surface area is 123 Å². The minimum atomic E-state index is -0.580. The lowest BCUT2D eigenvalue weighted by Crippen LogP contribution is -2.30. The summed E-state index contributed by atoms with van der Waals surface area (Å²) in [5, 5.41) is 0. The molecule has 0 amide bonds. The molecule has 0 saturated heterocycles. The second kappa shape index (κ2) is 5.24. The molecule has 0 bridgehead atoms. The van der Waals surface area contributed by atoms with Crippen molar-refractivity contribution in [2.24, 2.45) is 5.92 Å². The highest BCUT2D eigenvalue weighted by atomic mass is 16.5. The van der Waals surface area contributed by atoms with Crippen LogP contribution in [0.1, 0.15) is 11.1 Å². The molecule has 0 fully saturated rings. The fraction of sp³-hybridized carbons (Fsp3) is 0.375. The second-order valence-corrected chi connectivity index (χ2v) is 5.18. The molecule has 0 radical (unpaired) electrons. The quantitative estimate of drug-likeness (QED) is 0.766. The van der Waals surface area contributed by atoms with Gasteiger partial charge in [0.1, 0.15) is 5.92 Å². The molecule has 2 aliphatic rings. The van der Waals surface area contributed by atoms with E-state index < -0.39 is 17.9 Å². The average Bonchev–Trinajstić information content (AvgIpc) is 2.93. The number of ether oxygens (including phenoxy) is 2. The van der Waals surface area contributed by atoms with Crippen molar-refractivity contribution in [2.45, 2.75) is 6.42 Å². The molecule has 1 atom stereocenters. The topological polar surface area (TPSA) is 55.8 Å². The first kappa shape index (κ1) is 13.7. The molecule has 0 aromatic heterocycles. The van der Waals surface area contributed by atoms with Gasteiger partial charge in [-0.25, -0.2) is 4.79 Å². The molecule has 1 unspecified atom stereocenters. The SMILES string of the molecule is COC(=O)C1=C2c3ccccc3CCN2CC1C(=O)OC. The zero-order valence-electron chi connectivity index (χ0n) is 12.1. The number of hydrogen-bond acceptors (Lipinski definition) is 5. The number of hydrogen-bond donors (Lipinski definition) is 0. The summed E-state index contributed by atoms with van der Waals surface area (Å²) >= 11 is 0. The maximum Gasteiger partial charge on any atom is 0.336 e. The highest BCUT2D eigenvalue weighted by Gasteiger charge is 2.43. The minimum Gasteiger partial charge on any atom is -0.468 e. The Kier molecular flexibility index (Phi) is 3.41. The summed E-state index contributed by atoms with van der Waals surface area (Å²) in [4.78, 5) is 26.3. The van der Waals surface area contributed by atoms with Crippen LogP contribution >= 0.6 is 0 Å². The van der Waals surface area contributed by atoms with Gasteiger partial charge in [0.05, 0.1) is 25.5 Å². The van der Waals surface area contributed by atoms with Crippen LogP contribution in [0.15, 0.2) is 29.8 Å². The number of methoxy groups -OCH3 is 2. The van der Waals surface area contributed by atoms with Crippen LogP contribution in [0.5, 0.6) is 0 Å². The Morgan fingerprint density at radius 1 is 1.19 bits per heavy atom. The molecule has 2 heterocycles. The Morgan fingerprint density at radius 2 is 1.95 bits per heavy atom. The smallest absolute Gasteiger partial charge is 0.336 e. The van der Waals surface area contributed by atoms with Crippen molar-refractivity contribution in [2.75, 3.05) is 27.3 Å². The van der Waals surface area contributed by atoms with E-state index in [-0.39, 0.29) is 0 Å². The second-order valence-electron chi connectivity index (χ2n) is 5.18. The molecular formula is C16H17NO4.